The summed E-state index contributed by atoms with van der Waals surface area (Å²) < 4.78 is 22.9. The monoisotopic (exact) mass is 753 g/mol. The molecule has 272 valence electrons. The fraction of sp³-hybridized carbons (Fsp3) is 0.385. The zero-order valence-electron chi connectivity index (χ0n) is 29.0. The number of rotatable bonds is 16. The van der Waals surface area contributed by atoms with Gasteiger partial charge in [-0.3, -0.25) is 5.32 Å². The Balaban J connectivity index is 1.31. The molecule has 3 atom stereocenters. The fourth-order valence-electron chi connectivity index (χ4n) is 6.23. The summed E-state index contributed by atoms with van der Waals surface area (Å²) in [4.78, 5) is 30.6. The van der Waals surface area contributed by atoms with Gasteiger partial charge in [0.15, 0.2) is 11.5 Å². The molecule has 9 nitrogen and oxygen atoms in total. The van der Waals surface area contributed by atoms with Crippen molar-refractivity contribution >= 4 is 46.5 Å². The Hall–Kier alpha value is -3.64. The van der Waals surface area contributed by atoms with Crippen molar-refractivity contribution < 1.29 is 33.6 Å². The third kappa shape index (κ3) is 10.5. The minimum atomic E-state index is -0.789. The number of halogens is 2. The largest absolute Gasteiger partial charge is 0.854 e. The van der Waals surface area contributed by atoms with Crippen LogP contribution in [0.3, 0.4) is 0 Å². The highest BCUT2D eigenvalue weighted by molar-refractivity contribution is 7.13. The maximum Gasteiger partial charge on any atom is 0.348 e. The lowest BCUT2D eigenvalue weighted by Gasteiger charge is -2.29. The second-order valence-corrected chi connectivity index (χ2v) is 14.6. The SMILES string of the molecule is COc1ccc([C@H](Cc2c(Cl)cc(CC[O-])cc2Cl)OC(=O)c2ccc(CNC(C(=O)OC[C@H]3CCCN(C)C3)c3ccccc3)s2)cc1OC. The number of methoxy groups -OCH3 is 2. The molecule has 0 aliphatic carbocycles. The predicted octanol–water partition coefficient (Wildman–Crippen LogP) is 6.83. The Morgan fingerprint density at radius 2 is 1.73 bits per heavy atom. The molecule has 0 bridgehead atoms. The topological polar surface area (TPSA) is 109 Å². The molecule has 1 aromatic heterocycles. The van der Waals surface area contributed by atoms with Gasteiger partial charge < -0.3 is 29.0 Å². The first-order chi connectivity index (χ1) is 24.7. The molecule has 2 heterocycles. The van der Waals surface area contributed by atoms with Crippen LogP contribution < -0.4 is 19.9 Å². The Bertz CT molecular complexity index is 1750. The van der Waals surface area contributed by atoms with E-state index in [9.17, 15) is 14.7 Å². The van der Waals surface area contributed by atoms with Crippen molar-refractivity contribution in [2.24, 2.45) is 5.92 Å². The van der Waals surface area contributed by atoms with E-state index in [-0.39, 0.29) is 19.0 Å². The van der Waals surface area contributed by atoms with Crippen LogP contribution >= 0.6 is 34.5 Å². The zero-order chi connectivity index (χ0) is 36.3. The lowest BCUT2D eigenvalue weighted by molar-refractivity contribution is -0.366. The predicted molar refractivity (Wildman–Crippen MR) is 198 cm³/mol. The zero-order valence-corrected chi connectivity index (χ0v) is 31.3. The number of nitrogens with zero attached hydrogens (tertiary/aromatic N) is 1. The van der Waals surface area contributed by atoms with Crippen LogP contribution in [0.4, 0.5) is 0 Å². The van der Waals surface area contributed by atoms with Gasteiger partial charge in [0.2, 0.25) is 0 Å². The van der Waals surface area contributed by atoms with E-state index in [1.165, 1.54) is 18.4 Å². The number of benzene rings is 3. The van der Waals surface area contributed by atoms with Crippen LogP contribution in [0, 0.1) is 5.92 Å². The van der Waals surface area contributed by atoms with E-state index in [1.807, 2.05) is 36.4 Å². The molecule has 4 aromatic rings. The average molecular weight is 755 g/mol. The quantitative estimate of drug-likeness (QED) is 0.123. The number of hydrogen-bond acceptors (Lipinski definition) is 10. The molecular weight excluding hydrogens is 711 g/mol. The highest BCUT2D eigenvalue weighted by atomic mass is 35.5. The molecule has 0 amide bonds. The Morgan fingerprint density at radius 1 is 0.980 bits per heavy atom. The maximum absolute atomic E-state index is 13.7. The van der Waals surface area contributed by atoms with Gasteiger partial charge in [-0.05, 0) is 91.5 Å². The Kier molecular flexibility index (Phi) is 14.2. The van der Waals surface area contributed by atoms with Crippen LogP contribution in [0.5, 0.6) is 11.5 Å². The summed E-state index contributed by atoms with van der Waals surface area (Å²) in [7, 11) is 5.17. The van der Waals surface area contributed by atoms with E-state index in [4.69, 9.17) is 42.1 Å². The lowest BCUT2D eigenvalue weighted by Crippen LogP contribution is -2.36. The summed E-state index contributed by atoms with van der Waals surface area (Å²) in [5.74, 6) is 0.452. The van der Waals surface area contributed by atoms with Crippen LogP contribution in [0.1, 0.15) is 61.8 Å². The fourth-order valence-corrected chi connectivity index (χ4v) is 7.75. The van der Waals surface area contributed by atoms with Gasteiger partial charge >= 0.3 is 11.9 Å². The lowest BCUT2D eigenvalue weighted by atomic mass is 9.99. The molecule has 1 saturated heterocycles. The van der Waals surface area contributed by atoms with Gasteiger partial charge in [0, 0.05) is 40.4 Å². The van der Waals surface area contributed by atoms with Crippen molar-refractivity contribution in [2.45, 2.75) is 44.4 Å². The number of esters is 2. The summed E-state index contributed by atoms with van der Waals surface area (Å²) in [5.41, 5.74) is 2.78. The average Bonchev–Trinajstić information content (AvgIpc) is 3.61. The van der Waals surface area contributed by atoms with Crippen molar-refractivity contribution in [1.29, 1.82) is 0 Å². The molecule has 1 unspecified atom stereocenters. The first kappa shape index (κ1) is 38.6. The molecule has 0 saturated carbocycles. The smallest absolute Gasteiger partial charge is 0.348 e. The van der Waals surface area contributed by atoms with E-state index in [2.05, 4.69) is 17.3 Å². The molecule has 51 heavy (non-hydrogen) atoms. The third-order valence-electron chi connectivity index (χ3n) is 8.90. The summed E-state index contributed by atoms with van der Waals surface area (Å²) in [6, 6.07) is 21.1. The van der Waals surface area contributed by atoms with Gasteiger partial charge in [0.25, 0.3) is 0 Å². The van der Waals surface area contributed by atoms with Gasteiger partial charge in [-0.2, -0.15) is 0 Å². The summed E-state index contributed by atoms with van der Waals surface area (Å²) in [6.07, 6.45) is 1.82. The summed E-state index contributed by atoms with van der Waals surface area (Å²) in [5, 5.41) is 15.3. The number of hydrogen-bond donors (Lipinski definition) is 1. The van der Waals surface area contributed by atoms with Gasteiger partial charge in [-0.1, -0.05) is 59.6 Å². The molecule has 1 aliphatic rings. The molecule has 0 spiro atoms. The van der Waals surface area contributed by atoms with Crippen LogP contribution in [-0.4, -0.2) is 64.4 Å². The molecule has 12 heteroatoms. The van der Waals surface area contributed by atoms with Gasteiger partial charge in [0.1, 0.15) is 17.0 Å². The maximum atomic E-state index is 13.7. The van der Waals surface area contributed by atoms with E-state index in [0.29, 0.717) is 63.0 Å². The minimum absolute atomic E-state index is 0.175. The highest BCUT2D eigenvalue weighted by Gasteiger charge is 2.27. The molecule has 1 N–H and O–H groups in total. The highest BCUT2D eigenvalue weighted by Crippen LogP contribution is 2.37. The number of nitrogens with one attached hydrogen (secondary N) is 1. The van der Waals surface area contributed by atoms with E-state index in [0.717, 1.165) is 41.9 Å². The number of piperidine rings is 1. The molecule has 1 fully saturated rings. The van der Waals surface area contributed by atoms with Crippen LogP contribution in [0.2, 0.25) is 10.0 Å². The van der Waals surface area contributed by atoms with Crippen molar-refractivity contribution in [3.63, 3.8) is 0 Å². The third-order valence-corrected chi connectivity index (χ3v) is 10.6. The standard InChI is InChI=1S/C39H43Cl2N2O7S/c1-43-16-7-8-26(23-43)24-49-39(46)37(27-9-5-4-6-10-27)42-22-29-12-14-36(51-29)38(45)50-34(28-11-13-33(47-2)35(20-28)48-3)21-30-31(40)18-25(15-17-44)19-32(30)41/h4-6,9-14,18-20,26,34,37,42H,7-8,15-17,21-24H2,1-3H3/q-1/t26-,34-,37?/m0/s1. The molecule has 1 aliphatic heterocycles. The first-order valence-electron chi connectivity index (χ1n) is 16.9. The normalized spacial score (nSPS) is 15.9. The van der Waals surface area contributed by atoms with Crippen molar-refractivity contribution in [1.82, 2.24) is 10.2 Å². The second-order valence-electron chi connectivity index (χ2n) is 12.6. The molecule has 0 radical (unpaired) electrons. The van der Waals surface area contributed by atoms with Crippen molar-refractivity contribution in [2.75, 3.05) is 47.6 Å². The number of ether oxygens (including phenoxy) is 4. The van der Waals surface area contributed by atoms with Gasteiger partial charge in [-0.25, -0.2) is 9.59 Å². The summed E-state index contributed by atoms with van der Waals surface area (Å²) >= 11 is 14.6. The van der Waals surface area contributed by atoms with Crippen LogP contribution in [-0.2, 0) is 33.7 Å². The molecule has 5 rings (SSSR count). The van der Waals surface area contributed by atoms with Crippen LogP contribution in [0.15, 0.2) is 72.8 Å². The minimum Gasteiger partial charge on any atom is -0.854 e. The number of carbonyl (C=O) groups is 2. The first-order valence-corrected chi connectivity index (χ1v) is 18.5. The molecule has 3 aromatic carbocycles. The van der Waals surface area contributed by atoms with E-state index >= 15 is 0 Å². The summed E-state index contributed by atoms with van der Waals surface area (Å²) in [6.45, 7) is 2.40. The van der Waals surface area contributed by atoms with Crippen LogP contribution in [0.25, 0.3) is 0 Å². The Labute approximate surface area is 313 Å². The van der Waals surface area contributed by atoms with Crippen molar-refractivity contribution in [3.05, 3.63) is 115 Å². The number of carbonyl (C=O) groups excluding carboxylic acids is 2. The Morgan fingerprint density at radius 3 is 2.41 bits per heavy atom. The molecular formula is C39H43Cl2N2O7S-. The number of thiophene rings is 1. The van der Waals surface area contributed by atoms with E-state index < -0.39 is 18.1 Å². The van der Waals surface area contributed by atoms with Gasteiger partial charge in [-0.15, -0.1) is 17.9 Å². The number of likely N-dealkylation sites (tertiary alicyclic amines) is 1. The van der Waals surface area contributed by atoms with E-state index in [1.54, 1.807) is 43.5 Å². The van der Waals surface area contributed by atoms with Crippen molar-refractivity contribution in [3.8, 4) is 11.5 Å². The van der Waals surface area contributed by atoms with Gasteiger partial charge in [0.05, 0.1) is 20.8 Å². The second kappa shape index (κ2) is 18.7.